The van der Waals surface area contributed by atoms with Crippen molar-refractivity contribution in [3.63, 3.8) is 0 Å². The van der Waals surface area contributed by atoms with Gasteiger partial charge in [-0.25, -0.2) is 0 Å². The van der Waals surface area contributed by atoms with Gasteiger partial charge < -0.3 is 14.8 Å². The number of aryl methyl sites for hydroxylation is 1. The maximum absolute atomic E-state index is 5.60. The van der Waals surface area contributed by atoms with E-state index in [2.05, 4.69) is 28.5 Å². The Morgan fingerprint density at radius 2 is 1.86 bits per heavy atom. The zero-order valence-corrected chi connectivity index (χ0v) is 12.3. The Morgan fingerprint density at radius 1 is 1.05 bits per heavy atom. The first-order valence-corrected chi connectivity index (χ1v) is 7.32. The lowest BCUT2D eigenvalue weighted by Crippen LogP contribution is -2.18. The Kier molecular flexibility index (Phi) is 4.36. The molecule has 0 bridgehead atoms. The second-order valence-corrected chi connectivity index (χ2v) is 5.21. The minimum atomic E-state index is 0.634. The fourth-order valence-corrected chi connectivity index (χ4v) is 2.31. The van der Waals surface area contributed by atoms with Crippen LogP contribution in [0.4, 0.5) is 0 Å². The third kappa shape index (κ3) is 3.73. The minimum Gasteiger partial charge on any atom is -0.486 e. The summed E-state index contributed by atoms with van der Waals surface area (Å²) in [6.45, 7) is 5.04. The van der Waals surface area contributed by atoms with Crippen molar-refractivity contribution in [1.82, 2.24) is 10.3 Å². The lowest BCUT2D eigenvalue weighted by atomic mass is 10.1. The van der Waals surface area contributed by atoms with Crippen molar-refractivity contribution in [2.45, 2.75) is 19.9 Å². The van der Waals surface area contributed by atoms with Crippen molar-refractivity contribution in [3.05, 3.63) is 53.3 Å². The van der Waals surface area contributed by atoms with Gasteiger partial charge in [0.25, 0.3) is 0 Å². The van der Waals surface area contributed by atoms with Crippen LogP contribution < -0.4 is 14.8 Å². The van der Waals surface area contributed by atoms with E-state index in [-0.39, 0.29) is 0 Å². The smallest absolute Gasteiger partial charge is 0.161 e. The molecule has 0 amide bonds. The van der Waals surface area contributed by atoms with Gasteiger partial charge in [0, 0.05) is 18.4 Å². The molecule has 1 aliphatic rings. The molecule has 4 heteroatoms. The van der Waals surface area contributed by atoms with E-state index in [4.69, 9.17) is 9.47 Å². The van der Waals surface area contributed by atoms with Gasteiger partial charge in [-0.1, -0.05) is 12.1 Å². The molecular formula is C17H20N2O2. The molecule has 1 aromatic heterocycles. The molecule has 110 valence electrons. The van der Waals surface area contributed by atoms with Crippen molar-refractivity contribution in [2.24, 2.45) is 0 Å². The molecular weight excluding hydrogens is 264 g/mol. The third-order valence-electron chi connectivity index (χ3n) is 3.50. The van der Waals surface area contributed by atoms with Gasteiger partial charge in [0.1, 0.15) is 13.2 Å². The number of hydrogen-bond acceptors (Lipinski definition) is 4. The number of fused-ring (bicyclic) bond motifs is 1. The lowest BCUT2D eigenvalue weighted by molar-refractivity contribution is 0.171. The van der Waals surface area contributed by atoms with Gasteiger partial charge in [0.15, 0.2) is 11.5 Å². The number of ether oxygens (including phenoxy) is 2. The van der Waals surface area contributed by atoms with Gasteiger partial charge in [-0.15, -0.1) is 0 Å². The van der Waals surface area contributed by atoms with E-state index in [9.17, 15) is 0 Å². The Bertz CT molecular complexity index is 596. The molecule has 0 spiro atoms. The zero-order valence-electron chi connectivity index (χ0n) is 12.3. The Balaban J connectivity index is 1.48. The molecule has 2 aromatic rings. The third-order valence-corrected chi connectivity index (χ3v) is 3.50. The van der Waals surface area contributed by atoms with Crippen LogP contribution in [0.15, 0.2) is 36.5 Å². The Morgan fingerprint density at radius 3 is 2.67 bits per heavy atom. The highest BCUT2D eigenvalue weighted by atomic mass is 16.6. The fourth-order valence-electron chi connectivity index (χ4n) is 2.31. The quantitative estimate of drug-likeness (QED) is 0.857. The van der Waals surface area contributed by atoms with Crippen LogP contribution in [0.25, 0.3) is 0 Å². The highest BCUT2D eigenvalue weighted by Crippen LogP contribution is 2.30. The molecule has 0 unspecified atom stereocenters. The first kappa shape index (κ1) is 13.9. The van der Waals surface area contributed by atoms with Crippen molar-refractivity contribution in [1.29, 1.82) is 0 Å². The van der Waals surface area contributed by atoms with Crippen LogP contribution in [0.2, 0.25) is 0 Å². The summed E-state index contributed by atoms with van der Waals surface area (Å²) < 4.78 is 11.1. The molecule has 4 nitrogen and oxygen atoms in total. The Hall–Kier alpha value is -2.07. The summed E-state index contributed by atoms with van der Waals surface area (Å²) in [6, 6.07) is 10.3. The number of nitrogens with one attached hydrogen (secondary N) is 1. The van der Waals surface area contributed by atoms with Gasteiger partial charge in [0.05, 0.1) is 0 Å². The molecule has 2 heterocycles. The van der Waals surface area contributed by atoms with Gasteiger partial charge in [-0.2, -0.15) is 0 Å². The highest BCUT2D eigenvalue weighted by molar-refractivity contribution is 5.43. The summed E-state index contributed by atoms with van der Waals surface area (Å²) in [5.74, 6) is 1.71. The Labute approximate surface area is 125 Å². The first-order chi connectivity index (χ1) is 10.3. The topological polar surface area (TPSA) is 43.4 Å². The van der Waals surface area contributed by atoms with E-state index < -0.39 is 0 Å². The summed E-state index contributed by atoms with van der Waals surface area (Å²) in [5.41, 5.74) is 3.52. The fraction of sp³-hybridized carbons (Fsp3) is 0.353. The molecule has 0 saturated carbocycles. The van der Waals surface area contributed by atoms with Crippen LogP contribution >= 0.6 is 0 Å². The molecule has 0 saturated heterocycles. The second-order valence-electron chi connectivity index (χ2n) is 5.21. The van der Waals surface area contributed by atoms with E-state index in [1.165, 1.54) is 11.1 Å². The van der Waals surface area contributed by atoms with E-state index in [0.717, 1.165) is 36.7 Å². The van der Waals surface area contributed by atoms with E-state index in [1.807, 2.05) is 25.3 Å². The molecule has 0 radical (unpaired) electrons. The molecule has 1 aromatic carbocycles. The van der Waals surface area contributed by atoms with Gasteiger partial charge in [-0.3, -0.25) is 4.98 Å². The van der Waals surface area contributed by atoms with Crippen molar-refractivity contribution in [2.75, 3.05) is 19.8 Å². The SMILES string of the molecule is Cc1ccc(CNCCc2ccc3c(c2)OCCO3)cn1. The first-order valence-electron chi connectivity index (χ1n) is 7.32. The summed E-state index contributed by atoms with van der Waals surface area (Å²) in [6.07, 6.45) is 2.89. The van der Waals surface area contributed by atoms with E-state index in [0.29, 0.717) is 13.2 Å². The number of benzene rings is 1. The van der Waals surface area contributed by atoms with Gasteiger partial charge >= 0.3 is 0 Å². The normalized spacial score (nSPS) is 13.2. The number of nitrogens with zero attached hydrogens (tertiary/aromatic N) is 1. The van der Waals surface area contributed by atoms with Crippen molar-refractivity contribution >= 4 is 0 Å². The zero-order chi connectivity index (χ0) is 14.5. The average Bonchev–Trinajstić information content (AvgIpc) is 2.53. The van der Waals surface area contributed by atoms with Crippen molar-refractivity contribution < 1.29 is 9.47 Å². The van der Waals surface area contributed by atoms with Crippen LogP contribution in [-0.2, 0) is 13.0 Å². The summed E-state index contributed by atoms with van der Waals surface area (Å²) in [5, 5.41) is 3.44. The minimum absolute atomic E-state index is 0.634. The summed E-state index contributed by atoms with van der Waals surface area (Å²) in [4.78, 5) is 4.29. The maximum atomic E-state index is 5.60. The predicted molar refractivity (Wildman–Crippen MR) is 81.8 cm³/mol. The van der Waals surface area contributed by atoms with E-state index in [1.54, 1.807) is 0 Å². The maximum Gasteiger partial charge on any atom is 0.161 e. The van der Waals surface area contributed by atoms with Crippen LogP contribution in [0.5, 0.6) is 11.5 Å². The number of pyridine rings is 1. The molecule has 21 heavy (non-hydrogen) atoms. The average molecular weight is 284 g/mol. The summed E-state index contributed by atoms with van der Waals surface area (Å²) in [7, 11) is 0. The van der Waals surface area contributed by atoms with Crippen LogP contribution in [-0.4, -0.2) is 24.7 Å². The molecule has 3 rings (SSSR count). The standard InChI is InChI=1S/C17H20N2O2/c1-13-2-3-15(12-19-13)11-18-7-6-14-4-5-16-17(10-14)21-9-8-20-16/h2-5,10,12,18H,6-9,11H2,1H3. The molecule has 1 aliphatic heterocycles. The monoisotopic (exact) mass is 284 g/mol. The van der Waals surface area contributed by atoms with Crippen LogP contribution in [0.3, 0.4) is 0 Å². The number of rotatable bonds is 5. The lowest BCUT2D eigenvalue weighted by Gasteiger charge is -2.18. The van der Waals surface area contributed by atoms with Crippen molar-refractivity contribution in [3.8, 4) is 11.5 Å². The number of hydrogen-bond donors (Lipinski definition) is 1. The van der Waals surface area contributed by atoms with Gasteiger partial charge in [-0.05, 0) is 49.2 Å². The summed E-state index contributed by atoms with van der Waals surface area (Å²) >= 11 is 0. The predicted octanol–water partition coefficient (Wildman–Crippen LogP) is 2.49. The molecule has 1 N–H and O–H groups in total. The number of aromatic nitrogens is 1. The largest absolute Gasteiger partial charge is 0.486 e. The highest BCUT2D eigenvalue weighted by Gasteiger charge is 2.11. The van der Waals surface area contributed by atoms with E-state index >= 15 is 0 Å². The van der Waals surface area contributed by atoms with Crippen LogP contribution in [0.1, 0.15) is 16.8 Å². The molecule has 0 aliphatic carbocycles. The second kappa shape index (κ2) is 6.59. The van der Waals surface area contributed by atoms with Crippen LogP contribution in [0, 0.1) is 6.92 Å². The molecule has 0 fully saturated rings. The molecule has 0 atom stereocenters. The van der Waals surface area contributed by atoms with Gasteiger partial charge in [0.2, 0.25) is 0 Å².